The summed E-state index contributed by atoms with van der Waals surface area (Å²) in [6.45, 7) is 1.98. The number of unbranched alkanes of at least 4 members (excludes halogenated alkanes) is 1. The highest BCUT2D eigenvalue weighted by Crippen LogP contribution is 2.21. The lowest BCUT2D eigenvalue weighted by atomic mass is 10.2. The lowest BCUT2D eigenvalue weighted by Crippen LogP contribution is -2.43. The first kappa shape index (κ1) is 24.1. The van der Waals surface area contributed by atoms with Crippen LogP contribution in [0.2, 0.25) is 5.02 Å². The Bertz CT molecular complexity index is 1240. The van der Waals surface area contributed by atoms with Gasteiger partial charge in [-0.25, -0.2) is 9.18 Å². The van der Waals surface area contributed by atoms with Crippen molar-refractivity contribution < 1.29 is 9.18 Å². The number of benzene rings is 2. The Balaban J connectivity index is 1.93. The Morgan fingerprint density at radius 1 is 1.21 bits per heavy atom. The van der Waals surface area contributed by atoms with E-state index in [-0.39, 0.29) is 41.8 Å². The van der Waals surface area contributed by atoms with E-state index in [9.17, 15) is 18.8 Å². The number of halogens is 2. The van der Waals surface area contributed by atoms with E-state index < -0.39 is 23.0 Å². The first-order chi connectivity index (χ1) is 15.8. The second kappa shape index (κ2) is 10.8. The number of H-pyrrole nitrogens is 1. The number of aromatic amines is 1. The molecule has 4 N–H and O–H groups in total. The molecule has 0 unspecified atom stereocenters. The van der Waals surface area contributed by atoms with Gasteiger partial charge in [0.1, 0.15) is 11.6 Å². The molecule has 0 saturated heterocycles. The van der Waals surface area contributed by atoms with Crippen molar-refractivity contribution in [3.05, 3.63) is 85.8 Å². The third-order valence-corrected chi connectivity index (χ3v) is 5.30. The van der Waals surface area contributed by atoms with Crippen LogP contribution in [0.3, 0.4) is 0 Å². The van der Waals surface area contributed by atoms with Crippen LogP contribution in [-0.2, 0) is 11.3 Å². The topological polar surface area (TPSA) is 113 Å². The van der Waals surface area contributed by atoms with Crippen LogP contribution in [0, 0.1) is 5.82 Å². The first-order valence-electron chi connectivity index (χ1n) is 10.5. The molecule has 0 aliphatic rings. The van der Waals surface area contributed by atoms with Gasteiger partial charge in [0.05, 0.1) is 18.8 Å². The second-order valence-electron chi connectivity index (χ2n) is 7.44. The Morgan fingerprint density at radius 2 is 1.94 bits per heavy atom. The fourth-order valence-corrected chi connectivity index (χ4v) is 3.50. The standard InChI is InChI=1S/C23H25ClFN5O3/c1-2-3-11-29(19(31)13-27-18-10-9-16(24)12-17(18)25)20-21(26)30(23(33)28-22(20)32)14-15-7-5-4-6-8-15/h4-10,12,27H,2-3,11,13-14,26H2,1H3,(H,28,32,33). The highest BCUT2D eigenvalue weighted by molar-refractivity contribution is 6.30. The SMILES string of the molecule is CCCCN(C(=O)CNc1ccc(Cl)cc1F)c1c(N)n(Cc2ccccc2)c(=O)[nH]c1=O. The van der Waals surface area contributed by atoms with Crippen LogP contribution in [-0.4, -0.2) is 28.5 Å². The minimum absolute atomic E-state index is 0.0964. The Kier molecular flexibility index (Phi) is 7.89. The van der Waals surface area contributed by atoms with E-state index in [2.05, 4.69) is 10.3 Å². The molecule has 0 aliphatic carbocycles. The Morgan fingerprint density at radius 3 is 2.61 bits per heavy atom. The molecule has 2 aromatic carbocycles. The first-order valence-corrected chi connectivity index (χ1v) is 10.9. The summed E-state index contributed by atoms with van der Waals surface area (Å²) in [4.78, 5) is 41.7. The van der Waals surface area contributed by atoms with Gasteiger partial charge in [-0.05, 0) is 30.2 Å². The van der Waals surface area contributed by atoms with Crippen molar-refractivity contribution in [1.29, 1.82) is 0 Å². The third kappa shape index (κ3) is 5.81. The number of nitrogens with one attached hydrogen (secondary N) is 2. The summed E-state index contributed by atoms with van der Waals surface area (Å²) in [5.74, 6) is -1.22. The van der Waals surface area contributed by atoms with Gasteiger partial charge < -0.3 is 16.0 Å². The number of nitrogen functional groups attached to an aromatic ring is 1. The van der Waals surface area contributed by atoms with Gasteiger partial charge in [-0.1, -0.05) is 55.3 Å². The minimum atomic E-state index is -0.760. The van der Waals surface area contributed by atoms with E-state index in [1.54, 1.807) is 0 Å². The molecule has 3 rings (SSSR count). The lowest BCUT2D eigenvalue weighted by Gasteiger charge is -2.25. The van der Waals surface area contributed by atoms with Crippen molar-refractivity contribution in [2.45, 2.75) is 26.3 Å². The van der Waals surface area contributed by atoms with Crippen LogP contribution in [0.5, 0.6) is 0 Å². The highest BCUT2D eigenvalue weighted by Gasteiger charge is 2.24. The van der Waals surface area contributed by atoms with E-state index >= 15 is 0 Å². The average Bonchev–Trinajstić information content (AvgIpc) is 2.78. The summed E-state index contributed by atoms with van der Waals surface area (Å²) in [6, 6.07) is 13.2. The van der Waals surface area contributed by atoms with Crippen LogP contribution in [0.15, 0.2) is 58.1 Å². The fourth-order valence-electron chi connectivity index (χ4n) is 3.34. The minimum Gasteiger partial charge on any atom is -0.383 e. The predicted molar refractivity (Wildman–Crippen MR) is 128 cm³/mol. The molecule has 174 valence electrons. The van der Waals surface area contributed by atoms with Crippen molar-refractivity contribution in [1.82, 2.24) is 9.55 Å². The number of carbonyl (C=O) groups excluding carboxylic acids is 1. The predicted octanol–water partition coefficient (Wildman–Crippen LogP) is 3.20. The van der Waals surface area contributed by atoms with Crippen LogP contribution in [0.4, 0.5) is 21.6 Å². The second-order valence-corrected chi connectivity index (χ2v) is 7.88. The number of hydrogen-bond donors (Lipinski definition) is 3. The summed E-state index contributed by atoms with van der Waals surface area (Å²) in [5, 5.41) is 2.96. The molecule has 0 fully saturated rings. The number of aromatic nitrogens is 2. The molecule has 0 spiro atoms. The van der Waals surface area contributed by atoms with Crippen molar-refractivity contribution >= 4 is 34.7 Å². The number of rotatable bonds is 9. The van der Waals surface area contributed by atoms with Gasteiger partial charge in [0.15, 0.2) is 5.69 Å². The van der Waals surface area contributed by atoms with Gasteiger partial charge in [0.2, 0.25) is 5.91 Å². The molecule has 0 atom stereocenters. The molecular formula is C23H25ClFN5O3. The molecule has 0 bridgehead atoms. The quantitative estimate of drug-likeness (QED) is 0.441. The summed E-state index contributed by atoms with van der Waals surface area (Å²) >= 11 is 5.76. The van der Waals surface area contributed by atoms with Crippen LogP contribution in [0.25, 0.3) is 0 Å². The van der Waals surface area contributed by atoms with Gasteiger partial charge in [0.25, 0.3) is 5.56 Å². The maximum Gasteiger partial charge on any atom is 0.330 e. The molecule has 0 saturated carbocycles. The maximum absolute atomic E-state index is 14.1. The normalized spacial score (nSPS) is 10.8. The molecule has 0 radical (unpaired) electrons. The van der Waals surface area contributed by atoms with Gasteiger partial charge in [-0.2, -0.15) is 0 Å². The molecule has 3 aromatic rings. The van der Waals surface area contributed by atoms with E-state index in [4.69, 9.17) is 17.3 Å². The maximum atomic E-state index is 14.1. The zero-order chi connectivity index (χ0) is 24.0. The number of nitrogens with two attached hydrogens (primary N) is 1. The van der Waals surface area contributed by atoms with Crippen molar-refractivity contribution in [3.63, 3.8) is 0 Å². The van der Waals surface area contributed by atoms with E-state index in [1.165, 1.54) is 21.6 Å². The van der Waals surface area contributed by atoms with Gasteiger partial charge >= 0.3 is 5.69 Å². The van der Waals surface area contributed by atoms with E-state index in [1.807, 2.05) is 37.3 Å². The number of hydrogen-bond acceptors (Lipinski definition) is 5. The van der Waals surface area contributed by atoms with E-state index in [0.29, 0.717) is 6.42 Å². The fraction of sp³-hybridized carbons (Fsp3) is 0.261. The smallest absolute Gasteiger partial charge is 0.330 e. The largest absolute Gasteiger partial charge is 0.383 e. The number of nitrogens with zero attached hydrogens (tertiary/aromatic N) is 2. The summed E-state index contributed by atoms with van der Waals surface area (Å²) in [7, 11) is 0. The van der Waals surface area contributed by atoms with Crippen LogP contribution in [0.1, 0.15) is 25.3 Å². The summed E-state index contributed by atoms with van der Waals surface area (Å²) in [5.41, 5.74) is 5.60. The molecule has 0 aliphatic heterocycles. The van der Waals surface area contributed by atoms with Crippen molar-refractivity contribution in [2.24, 2.45) is 0 Å². The van der Waals surface area contributed by atoms with Gasteiger partial charge in [0, 0.05) is 11.6 Å². The highest BCUT2D eigenvalue weighted by atomic mass is 35.5. The summed E-state index contributed by atoms with van der Waals surface area (Å²) in [6.07, 6.45) is 1.35. The monoisotopic (exact) mass is 473 g/mol. The number of amides is 1. The Hall–Kier alpha value is -3.59. The van der Waals surface area contributed by atoms with Crippen LogP contribution < -0.4 is 27.2 Å². The number of anilines is 3. The molecule has 10 heteroatoms. The van der Waals surface area contributed by atoms with Crippen LogP contribution >= 0.6 is 11.6 Å². The lowest BCUT2D eigenvalue weighted by molar-refractivity contribution is -0.117. The molecule has 1 amide bonds. The zero-order valence-electron chi connectivity index (χ0n) is 18.1. The molecule has 1 aromatic heterocycles. The molecule has 1 heterocycles. The number of carbonyl (C=O) groups is 1. The van der Waals surface area contributed by atoms with Crippen molar-refractivity contribution in [2.75, 3.05) is 29.0 Å². The van der Waals surface area contributed by atoms with E-state index in [0.717, 1.165) is 18.1 Å². The van der Waals surface area contributed by atoms with Gasteiger partial charge in [-0.3, -0.25) is 19.1 Å². The third-order valence-electron chi connectivity index (χ3n) is 5.07. The molecule has 33 heavy (non-hydrogen) atoms. The Labute approximate surface area is 194 Å². The molecule has 8 nitrogen and oxygen atoms in total. The van der Waals surface area contributed by atoms with Gasteiger partial charge in [-0.15, -0.1) is 0 Å². The zero-order valence-corrected chi connectivity index (χ0v) is 18.9. The molecular weight excluding hydrogens is 449 g/mol. The summed E-state index contributed by atoms with van der Waals surface area (Å²) < 4.78 is 15.3. The van der Waals surface area contributed by atoms with Crippen molar-refractivity contribution in [3.8, 4) is 0 Å². The average molecular weight is 474 g/mol.